The van der Waals surface area contributed by atoms with E-state index >= 15 is 0 Å². The molecule has 0 aliphatic carbocycles. The molecule has 1 N–H and O–H groups in total. The Labute approximate surface area is 217 Å². The fourth-order valence-electron chi connectivity index (χ4n) is 3.90. The van der Waals surface area contributed by atoms with Gasteiger partial charge in [0.05, 0.1) is 33.0 Å². The van der Waals surface area contributed by atoms with Crippen molar-refractivity contribution in [1.29, 1.82) is 0 Å². The van der Waals surface area contributed by atoms with Crippen LogP contribution in [0.5, 0.6) is 0 Å². The van der Waals surface area contributed by atoms with Gasteiger partial charge in [0.15, 0.2) is 5.85 Å². The molecule has 3 aromatic carbocycles. The molecular weight excluding hydrogens is 474 g/mol. The van der Waals surface area contributed by atoms with Gasteiger partial charge in [0, 0.05) is 8.41 Å². The van der Waals surface area contributed by atoms with E-state index in [1.54, 1.807) is 0 Å². The standard InChI is InChI=1S/C28H33O6P.B/c1-2-33-35-28(29)27(32-20-24-16-10-5-11-17-24)26(31-19-23-14-8-4-9-15-23)25(34-35)21-30-18-22-12-6-3-7-13-22;/h3-17,25-29H,2,18-21H2,1H3;/t25-,26-,27+,28+,35?;/m1./s1. The van der Waals surface area contributed by atoms with Crippen molar-refractivity contribution in [3.8, 4) is 0 Å². The highest BCUT2D eigenvalue weighted by molar-refractivity contribution is 7.48. The van der Waals surface area contributed by atoms with Crippen molar-refractivity contribution in [2.75, 3.05) is 13.2 Å². The van der Waals surface area contributed by atoms with Gasteiger partial charge in [-0.15, -0.1) is 0 Å². The first-order valence-electron chi connectivity index (χ1n) is 11.9. The molecule has 3 aromatic rings. The molecule has 0 spiro atoms. The maximum absolute atomic E-state index is 11.2. The Balaban J connectivity index is 0.00000361. The molecule has 1 fully saturated rings. The van der Waals surface area contributed by atoms with Crippen molar-refractivity contribution in [1.82, 2.24) is 0 Å². The van der Waals surface area contributed by atoms with Crippen molar-refractivity contribution >= 4 is 16.8 Å². The number of rotatable bonds is 12. The predicted octanol–water partition coefficient (Wildman–Crippen LogP) is 5.06. The van der Waals surface area contributed by atoms with Gasteiger partial charge in [-0.1, -0.05) is 91.0 Å². The summed E-state index contributed by atoms with van der Waals surface area (Å²) in [4.78, 5) is 0. The van der Waals surface area contributed by atoms with E-state index in [2.05, 4.69) is 0 Å². The second-order valence-electron chi connectivity index (χ2n) is 8.28. The summed E-state index contributed by atoms with van der Waals surface area (Å²) in [7, 11) is -1.58. The highest BCUT2D eigenvalue weighted by Crippen LogP contribution is 2.51. The zero-order valence-corrected chi connectivity index (χ0v) is 21.4. The molecule has 3 radical (unpaired) electrons. The van der Waals surface area contributed by atoms with Crippen molar-refractivity contribution in [2.24, 2.45) is 0 Å². The monoisotopic (exact) mass is 507 g/mol. The van der Waals surface area contributed by atoms with Crippen LogP contribution in [0.3, 0.4) is 0 Å². The normalized spacial score (nSPS) is 23.7. The van der Waals surface area contributed by atoms with Crippen LogP contribution in [0.2, 0.25) is 0 Å². The molecule has 1 aliphatic heterocycles. The Bertz CT molecular complexity index is 981. The Hall–Kier alpha value is -2.09. The van der Waals surface area contributed by atoms with Crippen molar-refractivity contribution in [3.63, 3.8) is 0 Å². The van der Waals surface area contributed by atoms with Crippen LogP contribution in [0, 0.1) is 0 Å². The zero-order valence-electron chi connectivity index (χ0n) is 20.5. The maximum Gasteiger partial charge on any atom is 0.204 e. The minimum Gasteiger partial charge on any atom is -0.381 e. The summed E-state index contributed by atoms with van der Waals surface area (Å²) in [5.74, 6) is -0.945. The number of hydrogen-bond acceptors (Lipinski definition) is 6. The third kappa shape index (κ3) is 8.22. The summed E-state index contributed by atoms with van der Waals surface area (Å²) in [5.41, 5.74) is 3.13. The molecule has 1 saturated heterocycles. The van der Waals surface area contributed by atoms with Crippen LogP contribution in [0.15, 0.2) is 91.0 Å². The van der Waals surface area contributed by atoms with Crippen LogP contribution in [0.4, 0.5) is 0 Å². The summed E-state index contributed by atoms with van der Waals surface area (Å²) in [6.45, 7) is 3.78. The first-order chi connectivity index (χ1) is 17.2. The topological polar surface area (TPSA) is 66.4 Å². The zero-order chi connectivity index (χ0) is 24.3. The van der Waals surface area contributed by atoms with Gasteiger partial charge in [0.25, 0.3) is 0 Å². The summed E-state index contributed by atoms with van der Waals surface area (Å²) in [6, 6.07) is 29.8. The average Bonchev–Trinajstić information content (AvgIpc) is 2.90. The fraction of sp³-hybridized carbons (Fsp3) is 0.357. The van der Waals surface area contributed by atoms with Gasteiger partial charge >= 0.3 is 0 Å². The van der Waals surface area contributed by atoms with Gasteiger partial charge in [0.2, 0.25) is 8.38 Å². The van der Waals surface area contributed by atoms with Crippen LogP contribution >= 0.6 is 8.38 Å². The van der Waals surface area contributed by atoms with Crippen LogP contribution in [0.1, 0.15) is 23.6 Å². The van der Waals surface area contributed by atoms with Gasteiger partial charge in [0.1, 0.15) is 18.3 Å². The maximum atomic E-state index is 11.2. The minimum atomic E-state index is -1.58. The third-order valence-corrected chi connectivity index (χ3v) is 7.38. The Morgan fingerprint density at radius 3 is 1.69 bits per heavy atom. The molecule has 0 saturated carbocycles. The van der Waals surface area contributed by atoms with Crippen LogP contribution in [-0.2, 0) is 43.1 Å². The molecule has 0 amide bonds. The summed E-state index contributed by atoms with van der Waals surface area (Å²) in [5, 5.41) is 11.2. The molecule has 0 aromatic heterocycles. The smallest absolute Gasteiger partial charge is 0.204 e. The van der Waals surface area contributed by atoms with E-state index in [1.807, 2.05) is 97.9 Å². The van der Waals surface area contributed by atoms with E-state index < -0.39 is 32.5 Å². The number of aliphatic hydroxyl groups is 1. The van der Waals surface area contributed by atoms with Crippen LogP contribution in [0.25, 0.3) is 0 Å². The molecular formula is C28H33BO6P. The van der Waals surface area contributed by atoms with E-state index in [0.717, 1.165) is 16.7 Å². The van der Waals surface area contributed by atoms with Crippen LogP contribution in [-0.4, -0.2) is 50.9 Å². The molecule has 1 heterocycles. The minimum absolute atomic E-state index is 0. The van der Waals surface area contributed by atoms with E-state index in [0.29, 0.717) is 26.4 Å². The lowest BCUT2D eigenvalue weighted by Gasteiger charge is -2.43. The molecule has 189 valence electrons. The number of benzene rings is 3. The molecule has 1 aliphatic rings. The Morgan fingerprint density at radius 1 is 0.722 bits per heavy atom. The van der Waals surface area contributed by atoms with Crippen molar-refractivity contribution < 1.29 is 28.4 Å². The number of aliphatic hydroxyl groups excluding tert-OH is 1. The Kier molecular flexibility index (Phi) is 12.1. The SMILES string of the molecule is CCOP1O[C@H](COCc2ccccc2)[C@@H](OCc2ccccc2)[C@H](OCc2ccccc2)[C@H]1O.[B]. The lowest BCUT2D eigenvalue weighted by molar-refractivity contribution is -0.176. The summed E-state index contributed by atoms with van der Waals surface area (Å²) < 4.78 is 30.7. The average molecular weight is 507 g/mol. The summed E-state index contributed by atoms with van der Waals surface area (Å²) >= 11 is 0. The molecule has 8 heteroatoms. The molecule has 1 unspecified atom stereocenters. The molecule has 36 heavy (non-hydrogen) atoms. The molecule has 0 bridgehead atoms. The first kappa shape index (κ1) is 28.5. The predicted molar refractivity (Wildman–Crippen MR) is 141 cm³/mol. The lowest BCUT2D eigenvalue weighted by Crippen LogP contribution is -2.53. The van der Waals surface area contributed by atoms with Gasteiger partial charge in [-0.2, -0.15) is 0 Å². The second kappa shape index (κ2) is 15.2. The number of ether oxygens (including phenoxy) is 3. The van der Waals surface area contributed by atoms with Crippen LogP contribution < -0.4 is 0 Å². The Morgan fingerprint density at radius 2 is 1.19 bits per heavy atom. The van der Waals surface area contributed by atoms with Gasteiger partial charge in [-0.05, 0) is 23.6 Å². The highest BCUT2D eigenvalue weighted by atomic mass is 31.2. The first-order valence-corrected chi connectivity index (χ1v) is 13.2. The second-order valence-corrected chi connectivity index (χ2v) is 9.85. The molecule has 4 rings (SSSR count). The van der Waals surface area contributed by atoms with E-state index in [4.69, 9.17) is 23.3 Å². The van der Waals surface area contributed by atoms with Crippen molar-refractivity contribution in [2.45, 2.75) is 50.9 Å². The van der Waals surface area contributed by atoms with E-state index in [-0.39, 0.29) is 15.0 Å². The highest BCUT2D eigenvalue weighted by Gasteiger charge is 2.48. The fourth-order valence-corrected chi connectivity index (χ4v) is 5.44. The van der Waals surface area contributed by atoms with E-state index in [9.17, 15) is 5.11 Å². The quantitative estimate of drug-likeness (QED) is 0.273. The van der Waals surface area contributed by atoms with E-state index in [1.165, 1.54) is 0 Å². The molecule has 6 nitrogen and oxygen atoms in total. The third-order valence-electron chi connectivity index (χ3n) is 5.66. The lowest BCUT2D eigenvalue weighted by atomic mass is 10.1. The summed E-state index contributed by atoms with van der Waals surface area (Å²) in [6.07, 6.45) is -1.62. The largest absolute Gasteiger partial charge is 0.381 e. The van der Waals surface area contributed by atoms with Gasteiger partial charge < -0.3 is 28.4 Å². The number of hydrogen-bond donors (Lipinski definition) is 1. The van der Waals surface area contributed by atoms with Gasteiger partial charge in [-0.3, -0.25) is 0 Å². The van der Waals surface area contributed by atoms with Crippen molar-refractivity contribution in [3.05, 3.63) is 108 Å². The van der Waals surface area contributed by atoms with Gasteiger partial charge in [-0.25, -0.2) is 0 Å². The molecule has 5 atom stereocenters.